The van der Waals surface area contributed by atoms with E-state index >= 15 is 0 Å². The molecule has 0 spiro atoms. The Balaban J connectivity index is 2.21. The number of hydrazine groups is 1. The van der Waals surface area contributed by atoms with Gasteiger partial charge in [-0.15, -0.1) is 0 Å². The van der Waals surface area contributed by atoms with Crippen LogP contribution in [-0.2, 0) is 14.4 Å². The summed E-state index contributed by atoms with van der Waals surface area (Å²) < 4.78 is 0. The summed E-state index contributed by atoms with van der Waals surface area (Å²) >= 11 is 0. The normalized spacial score (nSPS) is 18.2. The Morgan fingerprint density at radius 1 is 1.16 bits per heavy atom. The smallest absolute Gasteiger partial charge is 0.344 e. The number of amides is 5. The number of nitrogens with zero attached hydrogens (tertiary/aromatic N) is 1. The van der Waals surface area contributed by atoms with E-state index in [1.54, 1.807) is 17.6 Å². The highest BCUT2D eigenvalue weighted by Gasteiger charge is 2.41. The SMILES string of the molecule is CC(C)C[C@@H](C(=O)NN1C(=O)NC(CO)C1=O)C(C/C=C/c1ccccc1)C(=O)NO. The molecule has 10 nitrogen and oxygen atoms in total. The molecule has 0 radical (unpaired) electrons. The zero-order chi connectivity index (χ0) is 23.0. The molecular weight excluding hydrogens is 404 g/mol. The lowest BCUT2D eigenvalue weighted by molar-refractivity contribution is -0.144. The number of hydrogen-bond donors (Lipinski definition) is 5. The van der Waals surface area contributed by atoms with Crippen molar-refractivity contribution in [3.8, 4) is 0 Å². The fourth-order valence-corrected chi connectivity index (χ4v) is 3.37. The minimum Gasteiger partial charge on any atom is -0.394 e. The largest absolute Gasteiger partial charge is 0.394 e. The lowest BCUT2D eigenvalue weighted by Crippen LogP contribution is -2.51. The van der Waals surface area contributed by atoms with E-state index in [9.17, 15) is 24.4 Å². The first-order valence-electron chi connectivity index (χ1n) is 9.99. The number of hydroxylamine groups is 1. The van der Waals surface area contributed by atoms with Gasteiger partial charge in [-0.05, 0) is 24.3 Å². The first-order chi connectivity index (χ1) is 14.8. The van der Waals surface area contributed by atoms with Crippen molar-refractivity contribution in [2.45, 2.75) is 32.7 Å². The molecule has 1 fully saturated rings. The Labute approximate surface area is 180 Å². The van der Waals surface area contributed by atoms with Crippen molar-refractivity contribution < 1.29 is 29.5 Å². The summed E-state index contributed by atoms with van der Waals surface area (Å²) in [6.07, 6.45) is 3.94. The zero-order valence-corrected chi connectivity index (χ0v) is 17.4. The van der Waals surface area contributed by atoms with Crippen LogP contribution in [0.5, 0.6) is 0 Å². The average Bonchev–Trinajstić information content (AvgIpc) is 3.03. The van der Waals surface area contributed by atoms with Gasteiger partial charge in [-0.25, -0.2) is 10.3 Å². The van der Waals surface area contributed by atoms with Crippen molar-refractivity contribution >= 4 is 29.8 Å². The molecule has 1 aromatic rings. The molecule has 1 saturated heterocycles. The van der Waals surface area contributed by atoms with E-state index in [1.165, 1.54) is 0 Å². The van der Waals surface area contributed by atoms with Crippen LogP contribution in [0.25, 0.3) is 6.08 Å². The van der Waals surface area contributed by atoms with Crippen LogP contribution in [0, 0.1) is 17.8 Å². The molecule has 1 aliphatic rings. The Kier molecular flexibility index (Phi) is 8.71. The lowest BCUT2D eigenvalue weighted by atomic mass is 9.82. The van der Waals surface area contributed by atoms with Crippen LogP contribution < -0.4 is 16.2 Å². The molecule has 0 bridgehead atoms. The quantitative estimate of drug-likeness (QED) is 0.210. The summed E-state index contributed by atoms with van der Waals surface area (Å²) in [6.45, 7) is 3.12. The molecule has 1 aliphatic heterocycles. The van der Waals surface area contributed by atoms with Gasteiger partial charge in [-0.1, -0.05) is 56.3 Å². The number of rotatable bonds is 10. The van der Waals surface area contributed by atoms with E-state index in [-0.39, 0.29) is 18.8 Å². The van der Waals surface area contributed by atoms with E-state index in [2.05, 4.69) is 10.7 Å². The summed E-state index contributed by atoms with van der Waals surface area (Å²) in [6, 6.07) is 7.36. The van der Waals surface area contributed by atoms with E-state index in [0.29, 0.717) is 5.01 Å². The number of aliphatic hydroxyl groups is 1. The minimum atomic E-state index is -1.14. The van der Waals surface area contributed by atoms with Gasteiger partial charge in [-0.3, -0.25) is 25.0 Å². The van der Waals surface area contributed by atoms with Crippen LogP contribution in [-0.4, -0.2) is 51.7 Å². The number of nitrogens with one attached hydrogen (secondary N) is 3. The van der Waals surface area contributed by atoms with E-state index in [0.717, 1.165) is 5.56 Å². The summed E-state index contributed by atoms with van der Waals surface area (Å²) in [5.74, 6) is -4.11. The highest BCUT2D eigenvalue weighted by molar-refractivity contribution is 6.05. The molecule has 3 atom stereocenters. The van der Waals surface area contributed by atoms with Gasteiger partial charge in [0.25, 0.3) is 5.91 Å². The third-order valence-corrected chi connectivity index (χ3v) is 4.92. The molecule has 2 unspecified atom stereocenters. The third kappa shape index (κ3) is 6.37. The second-order valence-electron chi connectivity index (χ2n) is 7.70. The standard InChI is InChI=1S/C21H28N4O6/c1-13(2)11-16(18(27)23-25-20(29)17(12-26)22-21(25)30)15(19(28)24-31)10-6-9-14-7-4-3-5-8-14/h3-9,13,15-17,26,31H,10-12H2,1-2H3,(H,22,30)(H,23,27)(H,24,28)/b9-6+/t15?,16-,17?/m1/s1. The second-order valence-corrected chi connectivity index (χ2v) is 7.70. The molecule has 5 N–H and O–H groups in total. The van der Waals surface area contributed by atoms with E-state index < -0.39 is 48.2 Å². The maximum atomic E-state index is 13.0. The van der Waals surface area contributed by atoms with Gasteiger partial charge in [0.1, 0.15) is 6.04 Å². The number of urea groups is 1. The topological polar surface area (TPSA) is 148 Å². The molecule has 168 valence electrons. The van der Waals surface area contributed by atoms with Gasteiger partial charge in [0.2, 0.25) is 11.8 Å². The maximum Gasteiger partial charge on any atom is 0.344 e. The summed E-state index contributed by atoms with van der Waals surface area (Å²) in [5.41, 5.74) is 4.76. The van der Waals surface area contributed by atoms with Gasteiger partial charge in [0, 0.05) is 0 Å². The number of imide groups is 1. The van der Waals surface area contributed by atoms with Crippen LogP contribution in [0.1, 0.15) is 32.3 Å². The van der Waals surface area contributed by atoms with Crippen molar-refractivity contribution in [3.63, 3.8) is 0 Å². The zero-order valence-electron chi connectivity index (χ0n) is 17.4. The number of carbonyl (C=O) groups is 4. The first kappa shape index (κ1) is 24.0. The second kappa shape index (κ2) is 11.2. The predicted octanol–water partition coefficient (Wildman–Crippen LogP) is 0.818. The van der Waals surface area contributed by atoms with Crippen LogP contribution >= 0.6 is 0 Å². The van der Waals surface area contributed by atoms with E-state index in [1.807, 2.05) is 44.2 Å². The van der Waals surface area contributed by atoms with Gasteiger partial charge in [-0.2, -0.15) is 5.01 Å². The van der Waals surface area contributed by atoms with Crippen LogP contribution in [0.2, 0.25) is 0 Å². The molecule has 1 aromatic carbocycles. The van der Waals surface area contributed by atoms with Crippen molar-refractivity contribution in [1.82, 2.24) is 21.2 Å². The number of benzene rings is 1. The first-order valence-corrected chi connectivity index (χ1v) is 9.99. The number of aliphatic hydroxyl groups excluding tert-OH is 1. The van der Waals surface area contributed by atoms with Crippen molar-refractivity contribution in [1.29, 1.82) is 0 Å². The Morgan fingerprint density at radius 3 is 2.39 bits per heavy atom. The van der Waals surface area contributed by atoms with Crippen LogP contribution in [0.4, 0.5) is 4.79 Å². The summed E-state index contributed by atoms with van der Waals surface area (Å²) in [5, 5.41) is 21.1. The third-order valence-electron chi connectivity index (χ3n) is 4.92. The molecule has 1 heterocycles. The molecule has 31 heavy (non-hydrogen) atoms. The molecule has 10 heteroatoms. The Bertz CT molecular complexity index is 826. The highest BCUT2D eigenvalue weighted by atomic mass is 16.5. The van der Waals surface area contributed by atoms with Gasteiger partial charge < -0.3 is 10.4 Å². The molecule has 5 amide bonds. The molecule has 0 aliphatic carbocycles. The van der Waals surface area contributed by atoms with Gasteiger partial charge >= 0.3 is 6.03 Å². The maximum absolute atomic E-state index is 13.0. The monoisotopic (exact) mass is 432 g/mol. The van der Waals surface area contributed by atoms with Gasteiger partial charge in [0.15, 0.2) is 0 Å². The average molecular weight is 432 g/mol. The number of hydrogen-bond acceptors (Lipinski definition) is 6. The highest BCUT2D eigenvalue weighted by Crippen LogP contribution is 2.26. The van der Waals surface area contributed by atoms with Gasteiger partial charge in [0.05, 0.1) is 18.4 Å². The number of allylic oxidation sites excluding steroid dienone is 1. The lowest BCUT2D eigenvalue weighted by Gasteiger charge is -2.27. The van der Waals surface area contributed by atoms with Crippen molar-refractivity contribution in [2.24, 2.45) is 17.8 Å². The summed E-state index contributed by atoms with van der Waals surface area (Å²) in [4.78, 5) is 49.5. The minimum absolute atomic E-state index is 0.0103. The predicted molar refractivity (Wildman–Crippen MR) is 111 cm³/mol. The van der Waals surface area contributed by atoms with E-state index in [4.69, 9.17) is 5.11 Å². The molecule has 0 saturated carbocycles. The van der Waals surface area contributed by atoms with Crippen LogP contribution in [0.3, 0.4) is 0 Å². The van der Waals surface area contributed by atoms with Crippen LogP contribution in [0.15, 0.2) is 36.4 Å². The molecule has 0 aromatic heterocycles. The summed E-state index contributed by atoms with van der Waals surface area (Å²) in [7, 11) is 0. The Morgan fingerprint density at radius 2 is 1.84 bits per heavy atom. The fraction of sp³-hybridized carbons (Fsp3) is 0.429. The van der Waals surface area contributed by atoms with Crippen molar-refractivity contribution in [2.75, 3.05) is 6.61 Å². The molecule has 2 rings (SSSR count). The fourth-order valence-electron chi connectivity index (χ4n) is 3.37. The van der Waals surface area contributed by atoms with Crippen molar-refractivity contribution in [3.05, 3.63) is 42.0 Å². The Hall–Kier alpha value is -3.24. The number of carbonyl (C=O) groups excluding carboxylic acids is 4. The molecular formula is C21H28N4O6.